The third kappa shape index (κ3) is 3.03. The van der Waals surface area contributed by atoms with E-state index in [2.05, 4.69) is 15.2 Å². The second-order valence-electron chi connectivity index (χ2n) is 6.40. The lowest BCUT2D eigenvalue weighted by Crippen LogP contribution is -2.08. The molecule has 0 atom stereocenters. The molecule has 29 heavy (non-hydrogen) atoms. The maximum atomic E-state index is 13.0. The van der Waals surface area contributed by atoms with Gasteiger partial charge >= 0.3 is 6.18 Å². The van der Waals surface area contributed by atoms with Gasteiger partial charge in [0.25, 0.3) is 5.82 Å². The Kier molecular flexibility index (Phi) is 4.34. The van der Waals surface area contributed by atoms with Gasteiger partial charge in [-0.2, -0.15) is 22.8 Å². The molecule has 4 rings (SSSR count). The zero-order valence-electron chi connectivity index (χ0n) is 15.8. The summed E-state index contributed by atoms with van der Waals surface area (Å²) >= 11 is 6.40. The highest BCUT2D eigenvalue weighted by Crippen LogP contribution is 2.37. The number of nitrogens with zero attached hydrogens (tertiary/aromatic N) is 5. The van der Waals surface area contributed by atoms with Crippen molar-refractivity contribution >= 4 is 17.3 Å². The van der Waals surface area contributed by atoms with Crippen LogP contribution in [0.25, 0.3) is 22.7 Å². The number of hydrogen-bond donors (Lipinski definition) is 0. The van der Waals surface area contributed by atoms with Gasteiger partial charge in [-0.25, -0.2) is 9.67 Å². The molecule has 11 heteroatoms. The van der Waals surface area contributed by atoms with Crippen molar-refractivity contribution in [3.63, 3.8) is 0 Å². The Bertz CT molecular complexity index is 1240. The Balaban J connectivity index is 1.94. The lowest BCUT2D eigenvalue weighted by atomic mass is 10.1. The normalized spacial score (nSPS) is 12.1. The maximum Gasteiger partial charge on any atom is 0.453 e. The topological polar surface area (TPSA) is 70.4 Å². The van der Waals surface area contributed by atoms with E-state index in [0.29, 0.717) is 33.5 Å². The van der Waals surface area contributed by atoms with Crippen LogP contribution in [-0.4, -0.2) is 31.5 Å². The third-order valence-corrected chi connectivity index (χ3v) is 4.76. The van der Waals surface area contributed by atoms with Crippen molar-refractivity contribution in [2.45, 2.75) is 26.9 Å². The zero-order chi connectivity index (χ0) is 21.1. The van der Waals surface area contributed by atoms with Gasteiger partial charge in [-0.15, -0.1) is 5.10 Å². The molecule has 0 bridgehead atoms. The minimum atomic E-state index is -4.66. The van der Waals surface area contributed by atoms with Crippen LogP contribution >= 0.6 is 11.6 Å². The van der Waals surface area contributed by atoms with Gasteiger partial charge in [0.2, 0.25) is 5.71 Å². The second kappa shape index (κ2) is 6.51. The SMILES string of the molecule is COc1ccc(-c2c(C)oc3c(-n4nc(C(F)(F)F)nc4C)c(C)nn23)c(Cl)c1. The van der Waals surface area contributed by atoms with Gasteiger partial charge in [0.1, 0.15) is 23.0 Å². The molecule has 0 radical (unpaired) electrons. The Hall–Kier alpha value is -3.01. The number of benzene rings is 1. The molecule has 0 saturated heterocycles. The van der Waals surface area contributed by atoms with Crippen molar-refractivity contribution in [2.24, 2.45) is 0 Å². The monoisotopic (exact) mass is 425 g/mol. The molecular formula is C18H15ClF3N5O2. The van der Waals surface area contributed by atoms with Gasteiger partial charge in [0, 0.05) is 5.56 Å². The summed E-state index contributed by atoms with van der Waals surface area (Å²) in [5.41, 5.74) is 2.17. The van der Waals surface area contributed by atoms with E-state index in [-0.39, 0.29) is 17.2 Å². The maximum absolute atomic E-state index is 13.0. The third-order valence-electron chi connectivity index (χ3n) is 4.45. The smallest absolute Gasteiger partial charge is 0.453 e. The molecule has 1 aromatic carbocycles. The van der Waals surface area contributed by atoms with E-state index in [1.165, 1.54) is 18.5 Å². The summed E-state index contributed by atoms with van der Waals surface area (Å²) in [6.07, 6.45) is -4.66. The molecule has 7 nitrogen and oxygen atoms in total. The molecule has 0 amide bonds. The zero-order valence-corrected chi connectivity index (χ0v) is 16.6. The van der Waals surface area contributed by atoms with Gasteiger partial charge in [-0.1, -0.05) is 11.6 Å². The number of methoxy groups -OCH3 is 1. The molecule has 4 aromatic rings. The van der Waals surface area contributed by atoms with Crippen LogP contribution in [0, 0.1) is 20.8 Å². The number of aryl methyl sites for hydroxylation is 3. The molecule has 0 unspecified atom stereocenters. The standard InChI is InChI=1S/C18H15ClF3N5O2/c1-8-14(26-10(3)23-17(25-26)18(20,21)22)16-27(24-8)15(9(2)29-16)12-6-5-11(28-4)7-13(12)19/h5-7H,1-4H3. The highest BCUT2D eigenvalue weighted by atomic mass is 35.5. The number of hydrogen-bond acceptors (Lipinski definition) is 5. The number of rotatable bonds is 3. The quantitative estimate of drug-likeness (QED) is 0.472. The lowest BCUT2D eigenvalue weighted by Gasteiger charge is -2.06. The Labute approximate surface area is 167 Å². The molecule has 0 saturated carbocycles. The van der Waals surface area contributed by atoms with Crippen LogP contribution in [0.4, 0.5) is 13.2 Å². The largest absolute Gasteiger partial charge is 0.497 e. The molecular weight excluding hydrogens is 411 g/mol. The van der Waals surface area contributed by atoms with Gasteiger partial charge in [-0.05, 0) is 39.0 Å². The number of halogens is 4. The summed E-state index contributed by atoms with van der Waals surface area (Å²) < 4.78 is 52.7. The van der Waals surface area contributed by atoms with E-state index >= 15 is 0 Å². The van der Waals surface area contributed by atoms with E-state index in [4.69, 9.17) is 20.8 Å². The number of aromatic nitrogens is 5. The minimum absolute atomic E-state index is 0.0633. The van der Waals surface area contributed by atoms with Crippen molar-refractivity contribution in [3.05, 3.63) is 46.3 Å². The predicted octanol–water partition coefficient (Wildman–Crippen LogP) is 4.78. The van der Waals surface area contributed by atoms with Crippen LogP contribution in [0.3, 0.4) is 0 Å². The summed E-state index contributed by atoms with van der Waals surface area (Å²) in [4.78, 5) is 3.52. The first-order valence-corrected chi connectivity index (χ1v) is 8.83. The van der Waals surface area contributed by atoms with Gasteiger partial charge in [0.15, 0.2) is 5.69 Å². The molecule has 0 aliphatic carbocycles. The van der Waals surface area contributed by atoms with Crippen molar-refractivity contribution in [2.75, 3.05) is 7.11 Å². The predicted molar refractivity (Wildman–Crippen MR) is 98.6 cm³/mol. The average molecular weight is 426 g/mol. The number of oxazole rings is 1. The first-order valence-electron chi connectivity index (χ1n) is 8.45. The van der Waals surface area contributed by atoms with Crippen molar-refractivity contribution < 1.29 is 22.3 Å². The fourth-order valence-electron chi connectivity index (χ4n) is 3.17. The Morgan fingerprint density at radius 3 is 2.45 bits per heavy atom. The van der Waals surface area contributed by atoms with Gasteiger partial charge in [-0.3, -0.25) is 0 Å². The van der Waals surface area contributed by atoms with Crippen LogP contribution in [-0.2, 0) is 6.18 Å². The van der Waals surface area contributed by atoms with Crippen LogP contribution in [0.1, 0.15) is 23.1 Å². The highest BCUT2D eigenvalue weighted by Gasteiger charge is 2.37. The summed E-state index contributed by atoms with van der Waals surface area (Å²) in [6.45, 7) is 4.81. The molecule has 0 N–H and O–H groups in total. The van der Waals surface area contributed by atoms with Crippen LogP contribution in [0.5, 0.6) is 5.75 Å². The lowest BCUT2D eigenvalue weighted by molar-refractivity contribution is -0.144. The van der Waals surface area contributed by atoms with Crippen LogP contribution < -0.4 is 4.74 Å². The highest BCUT2D eigenvalue weighted by molar-refractivity contribution is 6.33. The summed E-state index contributed by atoms with van der Waals surface area (Å²) in [7, 11) is 1.53. The van der Waals surface area contributed by atoms with Gasteiger partial charge < -0.3 is 9.15 Å². The number of ether oxygens (including phenoxy) is 1. The van der Waals surface area contributed by atoms with E-state index in [9.17, 15) is 13.2 Å². The first kappa shape index (κ1) is 19.3. The summed E-state index contributed by atoms with van der Waals surface area (Å²) in [5.74, 6) is -0.0788. The minimum Gasteiger partial charge on any atom is -0.497 e. The van der Waals surface area contributed by atoms with E-state index < -0.39 is 12.0 Å². The molecule has 3 heterocycles. The van der Waals surface area contributed by atoms with Crippen molar-refractivity contribution in [1.82, 2.24) is 24.4 Å². The summed E-state index contributed by atoms with van der Waals surface area (Å²) in [5, 5.41) is 8.47. The number of alkyl halides is 3. The Morgan fingerprint density at radius 2 is 1.86 bits per heavy atom. The molecule has 0 aliphatic rings. The van der Waals surface area contributed by atoms with Crippen LogP contribution in [0.15, 0.2) is 22.6 Å². The molecule has 0 spiro atoms. The van der Waals surface area contributed by atoms with Crippen molar-refractivity contribution in [1.29, 1.82) is 0 Å². The summed E-state index contributed by atoms with van der Waals surface area (Å²) in [6, 6.07) is 5.16. The Morgan fingerprint density at radius 1 is 1.14 bits per heavy atom. The van der Waals surface area contributed by atoms with Crippen LogP contribution in [0.2, 0.25) is 5.02 Å². The fraction of sp³-hybridized carbons (Fsp3) is 0.278. The molecule has 152 valence electrons. The number of fused-ring (bicyclic) bond motifs is 1. The van der Waals surface area contributed by atoms with E-state index in [1.54, 1.807) is 32.0 Å². The van der Waals surface area contributed by atoms with Gasteiger partial charge in [0.05, 0.1) is 17.8 Å². The average Bonchev–Trinajstić information content (AvgIpc) is 3.26. The molecule has 0 fully saturated rings. The second-order valence-corrected chi connectivity index (χ2v) is 6.80. The van der Waals surface area contributed by atoms with E-state index in [1.807, 2.05) is 0 Å². The van der Waals surface area contributed by atoms with E-state index in [0.717, 1.165) is 4.68 Å². The fourth-order valence-corrected chi connectivity index (χ4v) is 3.43. The molecule has 3 aromatic heterocycles. The van der Waals surface area contributed by atoms with Crippen molar-refractivity contribution in [3.8, 4) is 22.7 Å². The molecule has 0 aliphatic heterocycles. The first-order chi connectivity index (χ1) is 13.6.